The predicted molar refractivity (Wildman–Crippen MR) is 81.3 cm³/mol. The van der Waals surface area contributed by atoms with Crippen molar-refractivity contribution in [3.63, 3.8) is 0 Å². The number of aliphatic carboxylic acids is 1. The van der Waals surface area contributed by atoms with Crippen LogP contribution in [0.1, 0.15) is 18.7 Å². The van der Waals surface area contributed by atoms with E-state index in [-0.39, 0.29) is 6.04 Å². The van der Waals surface area contributed by atoms with Crippen LogP contribution in [-0.2, 0) is 9.53 Å². The molecule has 2 heterocycles. The predicted octanol–water partition coefficient (Wildman–Crippen LogP) is 3.04. The van der Waals surface area contributed by atoms with E-state index in [1.807, 2.05) is 31.2 Å². The van der Waals surface area contributed by atoms with Crippen molar-refractivity contribution in [1.82, 2.24) is 4.90 Å². The van der Waals surface area contributed by atoms with Crippen LogP contribution in [0, 0.1) is 0 Å². The minimum absolute atomic E-state index is 0.0157. The largest absolute Gasteiger partial charge is 0.479 e. The second-order valence-corrected chi connectivity index (χ2v) is 6.12. The van der Waals surface area contributed by atoms with Gasteiger partial charge in [-0.05, 0) is 31.2 Å². The molecule has 0 spiro atoms. The van der Waals surface area contributed by atoms with E-state index in [2.05, 4.69) is 20.8 Å². The van der Waals surface area contributed by atoms with E-state index < -0.39 is 12.1 Å². The molecule has 21 heavy (non-hydrogen) atoms. The van der Waals surface area contributed by atoms with Gasteiger partial charge in [-0.1, -0.05) is 15.9 Å². The van der Waals surface area contributed by atoms with Crippen molar-refractivity contribution in [3.05, 3.63) is 34.5 Å². The molecule has 1 N–H and O–H groups in total. The molecule has 0 radical (unpaired) electrons. The van der Waals surface area contributed by atoms with Crippen molar-refractivity contribution in [2.45, 2.75) is 19.1 Å². The standard InChI is InChI=1S/C15H16BrNO4/c1-9(17-4-5-20-14(8-17)15(18)19)13-7-10-6-11(16)2-3-12(10)21-13/h2-3,6-7,9,14H,4-5,8H2,1H3,(H,18,19). The van der Waals surface area contributed by atoms with Crippen molar-refractivity contribution < 1.29 is 19.1 Å². The Kier molecular flexibility index (Phi) is 4.01. The van der Waals surface area contributed by atoms with Crippen molar-refractivity contribution in [3.8, 4) is 0 Å². The first-order valence-electron chi connectivity index (χ1n) is 6.82. The Hall–Kier alpha value is -1.37. The molecule has 2 aromatic rings. The third-order valence-electron chi connectivity index (χ3n) is 3.83. The van der Waals surface area contributed by atoms with E-state index in [0.717, 1.165) is 21.2 Å². The summed E-state index contributed by atoms with van der Waals surface area (Å²) >= 11 is 3.45. The van der Waals surface area contributed by atoms with E-state index >= 15 is 0 Å². The van der Waals surface area contributed by atoms with Crippen molar-refractivity contribution in [1.29, 1.82) is 0 Å². The summed E-state index contributed by atoms with van der Waals surface area (Å²) in [5.41, 5.74) is 0.836. The average molecular weight is 354 g/mol. The summed E-state index contributed by atoms with van der Waals surface area (Å²) in [6, 6.07) is 7.90. The Labute approximate surface area is 130 Å². The number of morpholine rings is 1. The average Bonchev–Trinajstić information content (AvgIpc) is 2.89. The molecule has 3 rings (SSSR count). The molecule has 2 atom stereocenters. The zero-order valence-corrected chi connectivity index (χ0v) is 13.2. The molecule has 1 aromatic heterocycles. The van der Waals surface area contributed by atoms with E-state index in [1.54, 1.807) is 0 Å². The van der Waals surface area contributed by atoms with Gasteiger partial charge in [-0.25, -0.2) is 4.79 Å². The summed E-state index contributed by atoms with van der Waals surface area (Å²) in [5.74, 6) is -0.0745. The van der Waals surface area contributed by atoms with Crippen LogP contribution < -0.4 is 0 Å². The number of carboxylic acid groups (broad SMARTS) is 1. The number of halogens is 1. The molecule has 5 nitrogen and oxygen atoms in total. The number of hydrogen-bond acceptors (Lipinski definition) is 4. The number of rotatable bonds is 3. The summed E-state index contributed by atoms with van der Waals surface area (Å²) in [4.78, 5) is 13.1. The van der Waals surface area contributed by atoms with Crippen LogP contribution in [0.3, 0.4) is 0 Å². The maximum Gasteiger partial charge on any atom is 0.334 e. The van der Waals surface area contributed by atoms with E-state index in [1.165, 1.54) is 0 Å². The third kappa shape index (κ3) is 2.97. The van der Waals surface area contributed by atoms with Gasteiger partial charge < -0.3 is 14.3 Å². The van der Waals surface area contributed by atoms with Gasteiger partial charge in [0.05, 0.1) is 12.6 Å². The van der Waals surface area contributed by atoms with Crippen molar-refractivity contribution >= 4 is 32.9 Å². The highest BCUT2D eigenvalue weighted by Gasteiger charge is 2.30. The normalized spacial score (nSPS) is 21.5. The van der Waals surface area contributed by atoms with Gasteiger partial charge in [0.2, 0.25) is 0 Å². The van der Waals surface area contributed by atoms with Crippen LogP contribution in [0.2, 0.25) is 0 Å². The third-order valence-corrected chi connectivity index (χ3v) is 4.32. The molecule has 1 fully saturated rings. The van der Waals surface area contributed by atoms with Crippen LogP contribution in [0.5, 0.6) is 0 Å². The summed E-state index contributed by atoms with van der Waals surface area (Å²) in [5, 5.41) is 10.1. The quantitative estimate of drug-likeness (QED) is 0.918. The lowest BCUT2D eigenvalue weighted by atomic mass is 10.1. The SMILES string of the molecule is CC(c1cc2cc(Br)ccc2o1)N1CCOC(C(=O)O)C1. The summed E-state index contributed by atoms with van der Waals surface area (Å²) < 4.78 is 12.1. The van der Waals surface area contributed by atoms with Crippen LogP contribution in [-0.4, -0.2) is 41.8 Å². The van der Waals surface area contributed by atoms with Gasteiger partial charge in [0.1, 0.15) is 11.3 Å². The van der Waals surface area contributed by atoms with E-state index in [0.29, 0.717) is 19.7 Å². The first-order chi connectivity index (χ1) is 10.0. The molecule has 0 amide bonds. The molecule has 6 heteroatoms. The number of hydrogen-bond donors (Lipinski definition) is 1. The molecule has 0 aliphatic carbocycles. The van der Waals surface area contributed by atoms with Gasteiger partial charge in [0, 0.05) is 22.9 Å². The number of benzene rings is 1. The molecular weight excluding hydrogens is 338 g/mol. The number of carbonyl (C=O) groups is 1. The highest BCUT2D eigenvalue weighted by Crippen LogP contribution is 2.30. The summed E-state index contributed by atoms with van der Waals surface area (Å²) in [6.07, 6.45) is -0.764. The highest BCUT2D eigenvalue weighted by molar-refractivity contribution is 9.10. The molecule has 2 unspecified atom stereocenters. The number of carboxylic acids is 1. The number of ether oxygens (including phenoxy) is 1. The zero-order chi connectivity index (χ0) is 15.0. The molecule has 1 aliphatic heterocycles. The highest BCUT2D eigenvalue weighted by atomic mass is 79.9. The number of furan rings is 1. The fourth-order valence-corrected chi connectivity index (χ4v) is 2.97. The Bertz CT molecular complexity index is 669. The minimum Gasteiger partial charge on any atom is -0.479 e. The van der Waals surface area contributed by atoms with Crippen LogP contribution in [0.4, 0.5) is 0 Å². The molecule has 1 aromatic carbocycles. The smallest absolute Gasteiger partial charge is 0.334 e. The summed E-state index contributed by atoms with van der Waals surface area (Å²) in [6.45, 7) is 3.52. The van der Waals surface area contributed by atoms with Gasteiger partial charge in [0.15, 0.2) is 6.10 Å². The van der Waals surface area contributed by atoms with Gasteiger partial charge in [-0.2, -0.15) is 0 Å². The van der Waals surface area contributed by atoms with Gasteiger partial charge in [-0.15, -0.1) is 0 Å². The fraction of sp³-hybridized carbons (Fsp3) is 0.400. The molecule has 0 bridgehead atoms. The van der Waals surface area contributed by atoms with E-state index in [4.69, 9.17) is 14.3 Å². The molecule has 112 valence electrons. The second-order valence-electron chi connectivity index (χ2n) is 5.20. The topological polar surface area (TPSA) is 62.9 Å². The lowest BCUT2D eigenvalue weighted by molar-refractivity contribution is -0.157. The van der Waals surface area contributed by atoms with Crippen LogP contribution >= 0.6 is 15.9 Å². The Morgan fingerprint density at radius 1 is 1.48 bits per heavy atom. The molecule has 0 saturated carbocycles. The summed E-state index contributed by atoms with van der Waals surface area (Å²) in [7, 11) is 0. The lowest BCUT2D eigenvalue weighted by Crippen LogP contribution is -2.46. The fourth-order valence-electron chi connectivity index (χ4n) is 2.59. The lowest BCUT2D eigenvalue weighted by Gasteiger charge is -2.34. The maximum atomic E-state index is 11.1. The Morgan fingerprint density at radius 3 is 3.05 bits per heavy atom. The monoisotopic (exact) mass is 353 g/mol. The van der Waals surface area contributed by atoms with Crippen molar-refractivity contribution in [2.75, 3.05) is 19.7 Å². The Balaban J connectivity index is 1.82. The van der Waals surface area contributed by atoms with Crippen LogP contribution in [0.15, 0.2) is 33.2 Å². The zero-order valence-electron chi connectivity index (χ0n) is 11.6. The Morgan fingerprint density at radius 2 is 2.29 bits per heavy atom. The van der Waals surface area contributed by atoms with Crippen molar-refractivity contribution in [2.24, 2.45) is 0 Å². The molecule has 1 saturated heterocycles. The maximum absolute atomic E-state index is 11.1. The first-order valence-corrected chi connectivity index (χ1v) is 7.61. The van der Waals surface area contributed by atoms with Gasteiger partial charge >= 0.3 is 5.97 Å². The number of nitrogens with zero attached hydrogens (tertiary/aromatic N) is 1. The first kappa shape index (κ1) is 14.6. The molecular formula is C15H16BrNO4. The second kappa shape index (κ2) is 5.79. The van der Waals surface area contributed by atoms with Gasteiger partial charge in [0.25, 0.3) is 0 Å². The van der Waals surface area contributed by atoms with Gasteiger partial charge in [-0.3, -0.25) is 4.90 Å². The van der Waals surface area contributed by atoms with Crippen LogP contribution in [0.25, 0.3) is 11.0 Å². The minimum atomic E-state index is -0.916. The van der Waals surface area contributed by atoms with E-state index in [9.17, 15) is 4.79 Å². The number of fused-ring (bicyclic) bond motifs is 1. The molecule has 1 aliphatic rings.